The van der Waals surface area contributed by atoms with Crippen LogP contribution in [-0.4, -0.2) is 19.8 Å². The Kier molecular flexibility index (Phi) is 1.78. The first-order valence-electron chi connectivity index (χ1n) is 3.47. The summed E-state index contributed by atoms with van der Waals surface area (Å²) in [5.74, 6) is 0.603. The minimum atomic E-state index is 0.384. The quantitative estimate of drug-likeness (QED) is 0.593. The lowest BCUT2D eigenvalue weighted by atomic mass is 9.76. The molecule has 0 aromatic rings. The van der Waals surface area contributed by atoms with Crippen LogP contribution in [0.1, 0.15) is 13.8 Å². The fourth-order valence-corrected chi connectivity index (χ4v) is 0.993. The second-order valence-corrected chi connectivity index (χ2v) is 3.28. The first-order valence-corrected chi connectivity index (χ1v) is 3.47. The van der Waals surface area contributed by atoms with Gasteiger partial charge in [0.25, 0.3) is 0 Å². The van der Waals surface area contributed by atoms with Gasteiger partial charge in [0, 0.05) is 5.41 Å². The second-order valence-electron chi connectivity index (χ2n) is 3.28. The Morgan fingerprint density at radius 2 is 2.22 bits per heavy atom. The zero-order valence-corrected chi connectivity index (χ0v) is 6.18. The maximum absolute atomic E-state index is 5.51. The molecular weight excluding hydrogens is 114 g/mol. The van der Waals surface area contributed by atoms with Crippen LogP contribution in [0.5, 0.6) is 0 Å². The molecule has 1 rings (SSSR count). The van der Waals surface area contributed by atoms with Gasteiger partial charge in [-0.15, -0.1) is 0 Å². The van der Waals surface area contributed by atoms with Crippen molar-refractivity contribution in [3.8, 4) is 0 Å². The highest BCUT2D eigenvalue weighted by Crippen LogP contribution is 2.34. The standard InChI is InChI=1S/C7H15NO/c1-6(3-8)7(2)4-9-5-7/h6H,3-5,8H2,1-2H3. The van der Waals surface area contributed by atoms with E-state index in [2.05, 4.69) is 13.8 Å². The molecule has 1 aliphatic rings. The number of hydrogen-bond acceptors (Lipinski definition) is 2. The molecule has 0 aromatic heterocycles. The van der Waals surface area contributed by atoms with E-state index in [1.807, 2.05) is 0 Å². The third kappa shape index (κ3) is 1.10. The van der Waals surface area contributed by atoms with Crippen molar-refractivity contribution in [2.75, 3.05) is 19.8 Å². The van der Waals surface area contributed by atoms with E-state index in [0.717, 1.165) is 19.8 Å². The Hall–Kier alpha value is -0.0800. The van der Waals surface area contributed by atoms with Gasteiger partial charge in [-0.05, 0) is 12.5 Å². The summed E-state index contributed by atoms with van der Waals surface area (Å²) < 4.78 is 5.11. The topological polar surface area (TPSA) is 35.2 Å². The third-order valence-electron chi connectivity index (χ3n) is 2.41. The fraction of sp³-hybridized carbons (Fsp3) is 1.00. The minimum absolute atomic E-state index is 0.384. The Balaban J connectivity index is 2.38. The molecule has 1 heterocycles. The lowest BCUT2D eigenvalue weighted by Gasteiger charge is -2.42. The van der Waals surface area contributed by atoms with E-state index in [0.29, 0.717) is 11.3 Å². The highest BCUT2D eigenvalue weighted by atomic mass is 16.5. The molecule has 1 aliphatic heterocycles. The lowest BCUT2D eigenvalue weighted by Crippen LogP contribution is -2.47. The third-order valence-corrected chi connectivity index (χ3v) is 2.41. The van der Waals surface area contributed by atoms with E-state index in [-0.39, 0.29) is 0 Å². The van der Waals surface area contributed by atoms with Crippen LogP contribution in [0.25, 0.3) is 0 Å². The van der Waals surface area contributed by atoms with Crippen molar-refractivity contribution in [3.63, 3.8) is 0 Å². The molecule has 0 aromatic carbocycles. The van der Waals surface area contributed by atoms with Crippen molar-refractivity contribution in [2.24, 2.45) is 17.1 Å². The molecule has 2 nitrogen and oxygen atoms in total. The monoisotopic (exact) mass is 129 g/mol. The molecular formula is C7H15NO. The summed E-state index contributed by atoms with van der Waals surface area (Å²) in [4.78, 5) is 0. The summed E-state index contributed by atoms with van der Waals surface area (Å²) >= 11 is 0. The van der Waals surface area contributed by atoms with Gasteiger partial charge in [0.1, 0.15) is 0 Å². The molecule has 0 bridgehead atoms. The molecule has 1 fully saturated rings. The van der Waals surface area contributed by atoms with E-state index in [1.165, 1.54) is 0 Å². The van der Waals surface area contributed by atoms with Gasteiger partial charge in [0.05, 0.1) is 13.2 Å². The van der Waals surface area contributed by atoms with Crippen LogP contribution in [0.2, 0.25) is 0 Å². The molecule has 9 heavy (non-hydrogen) atoms. The molecule has 2 heteroatoms. The first-order chi connectivity index (χ1) is 4.19. The smallest absolute Gasteiger partial charge is 0.0545 e. The largest absolute Gasteiger partial charge is 0.380 e. The summed E-state index contributed by atoms with van der Waals surface area (Å²) in [5, 5.41) is 0. The molecule has 0 saturated carbocycles. The van der Waals surface area contributed by atoms with E-state index < -0.39 is 0 Å². The van der Waals surface area contributed by atoms with Crippen molar-refractivity contribution in [1.82, 2.24) is 0 Å². The minimum Gasteiger partial charge on any atom is -0.380 e. The highest BCUT2D eigenvalue weighted by molar-refractivity contribution is 4.85. The Morgan fingerprint density at radius 1 is 1.67 bits per heavy atom. The van der Waals surface area contributed by atoms with E-state index >= 15 is 0 Å². The van der Waals surface area contributed by atoms with Crippen LogP contribution >= 0.6 is 0 Å². The number of ether oxygens (including phenoxy) is 1. The molecule has 0 spiro atoms. The predicted octanol–water partition coefficient (Wildman–Crippen LogP) is 0.618. The SMILES string of the molecule is CC(CN)C1(C)COC1. The summed E-state index contributed by atoms with van der Waals surface area (Å²) in [6.45, 7) is 6.98. The molecule has 1 saturated heterocycles. The number of nitrogens with two attached hydrogens (primary N) is 1. The van der Waals surface area contributed by atoms with E-state index in [9.17, 15) is 0 Å². The van der Waals surface area contributed by atoms with Crippen molar-refractivity contribution >= 4 is 0 Å². The maximum atomic E-state index is 5.51. The van der Waals surface area contributed by atoms with Gasteiger partial charge in [-0.3, -0.25) is 0 Å². The fourth-order valence-electron chi connectivity index (χ4n) is 0.993. The van der Waals surface area contributed by atoms with E-state index in [1.54, 1.807) is 0 Å². The number of rotatable bonds is 2. The van der Waals surface area contributed by atoms with Crippen molar-refractivity contribution in [2.45, 2.75) is 13.8 Å². The summed E-state index contributed by atoms with van der Waals surface area (Å²) in [6, 6.07) is 0. The van der Waals surface area contributed by atoms with Gasteiger partial charge in [0.15, 0.2) is 0 Å². The maximum Gasteiger partial charge on any atom is 0.0545 e. The zero-order chi connectivity index (χ0) is 6.91. The average molecular weight is 129 g/mol. The van der Waals surface area contributed by atoms with Gasteiger partial charge in [-0.2, -0.15) is 0 Å². The van der Waals surface area contributed by atoms with Crippen molar-refractivity contribution in [3.05, 3.63) is 0 Å². The molecule has 1 atom stereocenters. The van der Waals surface area contributed by atoms with Crippen LogP contribution in [0.3, 0.4) is 0 Å². The van der Waals surface area contributed by atoms with Crippen LogP contribution in [-0.2, 0) is 4.74 Å². The predicted molar refractivity (Wildman–Crippen MR) is 37.1 cm³/mol. The van der Waals surface area contributed by atoms with Gasteiger partial charge < -0.3 is 10.5 Å². The Morgan fingerprint density at radius 3 is 2.33 bits per heavy atom. The van der Waals surface area contributed by atoms with Gasteiger partial charge >= 0.3 is 0 Å². The van der Waals surface area contributed by atoms with Gasteiger partial charge in [-0.25, -0.2) is 0 Å². The molecule has 2 N–H and O–H groups in total. The summed E-state index contributed by atoms with van der Waals surface area (Å²) in [6.07, 6.45) is 0. The number of hydrogen-bond donors (Lipinski definition) is 1. The molecule has 0 amide bonds. The molecule has 0 aliphatic carbocycles. The van der Waals surface area contributed by atoms with Crippen LogP contribution in [0, 0.1) is 11.3 Å². The highest BCUT2D eigenvalue weighted by Gasteiger charge is 2.37. The molecule has 0 radical (unpaired) electrons. The van der Waals surface area contributed by atoms with E-state index in [4.69, 9.17) is 10.5 Å². The summed E-state index contributed by atoms with van der Waals surface area (Å²) in [5.41, 5.74) is 5.90. The average Bonchev–Trinajstić information content (AvgIpc) is 1.81. The van der Waals surface area contributed by atoms with Crippen LogP contribution in [0.15, 0.2) is 0 Å². The Labute approximate surface area is 56.4 Å². The van der Waals surface area contributed by atoms with Crippen LogP contribution < -0.4 is 5.73 Å². The lowest BCUT2D eigenvalue weighted by molar-refractivity contribution is -0.128. The second kappa shape index (κ2) is 2.27. The molecule has 54 valence electrons. The summed E-state index contributed by atoms with van der Waals surface area (Å²) in [7, 11) is 0. The van der Waals surface area contributed by atoms with Gasteiger partial charge in [0.2, 0.25) is 0 Å². The van der Waals surface area contributed by atoms with Crippen molar-refractivity contribution < 1.29 is 4.74 Å². The normalized spacial score (nSPS) is 27.0. The zero-order valence-electron chi connectivity index (χ0n) is 6.18. The van der Waals surface area contributed by atoms with Gasteiger partial charge in [-0.1, -0.05) is 13.8 Å². The Bertz CT molecular complexity index is 99.1. The first kappa shape index (κ1) is 7.03. The molecule has 1 unspecified atom stereocenters. The van der Waals surface area contributed by atoms with Crippen LogP contribution in [0.4, 0.5) is 0 Å². The van der Waals surface area contributed by atoms with Crippen molar-refractivity contribution in [1.29, 1.82) is 0 Å².